The summed E-state index contributed by atoms with van der Waals surface area (Å²) in [5, 5.41) is 21.3. The minimum absolute atomic E-state index is 0.515. The number of carbonyl (C=O) groups excluding carboxylic acids is 1. The van der Waals surface area contributed by atoms with Gasteiger partial charge in [-0.15, -0.1) is 0 Å². The molecule has 1 saturated carbocycles. The molecule has 1 rings (SSSR count). The second kappa shape index (κ2) is 5.06. The molecule has 0 saturated heterocycles. The molecule has 88 valence electrons. The molecule has 3 N–H and O–H groups in total. The fourth-order valence-corrected chi connectivity index (χ4v) is 1.73. The Morgan fingerprint density at radius 2 is 1.87 bits per heavy atom. The molecule has 0 radical (unpaired) electrons. The van der Waals surface area contributed by atoms with E-state index in [4.69, 9.17) is 34.8 Å². The SMILES string of the molecule is O=C(N[C@H]1CCC[C@@H](O)[C@H]1O)C(Cl)(Cl)Cl. The van der Waals surface area contributed by atoms with Crippen LogP contribution in [0, 0.1) is 0 Å². The van der Waals surface area contributed by atoms with Crippen molar-refractivity contribution in [3.05, 3.63) is 0 Å². The maximum Gasteiger partial charge on any atom is 0.272 e. The van der Waals surface area contributed by atoms with Gasteiger partial charge in [0.1, 0.15) is 0 Å². The van der Waals surface area contributed by atoms with Crippen molar-refractivity contribution in [2.75, 3.05) is 0 Å². The lowest BCUT2D eigenvalue weighted by molar-refractivity contribution is -0.123. The summed E-state index contributed by atoms with van der Waals surface area (Å²) in [7, 11) is 0. The smallest absolute Gasteiger partial charge is 0.272 e. The highest BCUT2D eigenvalue weighted by Gasteiger charge is 2.37. The Balaban J connectivity index is 2.54. The fourth-order valence-electron chi connectivity index (χ4n) is 1.56. The minimum Gasteiger partial charge on any atom is -0.390 e. The predicted octanol–water partition coefficient (Wildman–Crippen LogP) is 0.747. The normalized spacial score (nSPS) is 32.5. The molecular weight excluding hydrogens is 264 g/mol. The highest BCUT2D eigenvalue weighted by atomic mass is 35.6. The summed E-state index contributed by atoms with van der Waals surface area (Å²) in [4.78, 5) is 11.3. The van der Waals surface area contributed by atoms with Crippen LogP contribution in [0.3, 0.4) is 0 Å². The maximum atomic E-state index is 11.3. The van der Waals surface area contributed by atoms with Crippen molar-refractivity contribution in [3.8, 4) is 0 Å². The first-order valence-corrected chi connectivity index (χ1v) is 5.69. The van der Waals surface area contributed by atoms with Gasteiger partial charge in [-0.3, -0.25) is 4.79 Å². The van der Waals surface area contributed by atoms with Gasteiger partial charge in [-0.25, -0.2) is 0 Å². The summed E-state index contributed by atoms with van der Waals surface area (Å²) in [6.07, 6.45) is -0.0517. The van der Waals surface area contributed by atoms with Crippen LogP contribution in [0.5, 0.6) is 0 Å². The first-order chi connectivity index (χ1) is 6.82. The molecule has 7 heteroatoms. The van der Waals surface area contributed by atoms with Crippen molar-refractivity contribution in [2.24, 2.45) is 0 Å². The molecule has 4 nitrogen and oxygen atoms in total. The van der Waals surface area contributed by atoms with Crippen molar-refractivity contribution in [1.29, 1.82) is 0 Å². The lowest BCUT2D eigenvalue weighted by Crippen LogP contribution is -2.53. The molecule has 1 fully saturated rings. The number of aliphatic hydroxyl groups is 2. The Kier molecular flexibility index (Phi) is 4.50. The van der Waals surface area contributed by atoms with Gasteiger partial charge in [0, 0.05) is 0 Å². The van der Waals surface area contributed by atoms with E-state index >= 15 is 0 Å². The van der Waals surface area contributed by atoms with Crippen LogP contribution in [0.1, 0.15) is 19.3 Å². The van der Waals surface area contributed by atoms with Gasteiger partial charge in [-0.1, -0.05) is 34.8 Å². The average Bonchev–Trinajstić information content (AvgIpc) is 2.11. The molecule has 0 heterocycles. The second-order valence-electron chi connectivity index (χ2n) is 3.57. The number of halogens is 3. The van der Waals surface area contributed by atoms with Gasteiger partial charge in [-0.2, -0.15) is 0 Å². The van der Waals surface area contributed by atoms with Crippen LogP contribution >= 0.6 is 34.8 Å². The second-order valence-corrected chi connectivity index (χ2v) is 5.85. The summed E-state index contributed by atoms with van der Waals surface area (Å²) >= 11 is 16.1. The summed E-state index contributed by atoms with van der Waals surface area (Å²) in [5.74, 6) is -0.786. The zero-order valence-corrected chi connectivity index (χ0v) is 10.1. The molecular formula is C8H12Cl3NO3. The van der Waals surface area contributed by atoms with E-state index in [1.807, 2.05) is 0 Å². The van der Waals surface area contributed by atoms with Crippen molar-refractivity contribution in [2.45, 2.75) is 41.3 Å². The Bertz CT molecular complexity index is 244. The Labute approximate surface area is 102 Å². The van der Waals surface area contributed by atoms with Crippen molar-refractivity contribution in [3.63, 3.8) is 0 Å². The lowest BCUT2D eigenvalue weighted by Gasteiger charge is -2.32. The lowest BCUT2D eigenvalue weighted by atomic mass is 9.90. The number of nitrogens with one attached hydrogen (secondary N) is 1. The highest BCUT2D eigenvalue weighted by molar-refractivity contribution is 6.76. The molecule has 0 aromatic rings. The number of hydrogen-bond acceptors (Lipinski definition) is 3. The standard InChI is InChI=1S/C8H12Cl3NO3/c9-8(10,11)7(15)12-4-2-1-3-5(13)6(4)14/h4-6,13-14H,1-3H2,(H,12,15)/t4-,5+,6-/m0/s1. The number of aliphatic hydroxyl groups excluding tert-OH is 2. The van der Waals surface area contributed by atoms with Crippen LogP contribution in [-0.4, -0.2) is 38.2 Å². The molecule has 0 unspecified atom stereocenters. The molecule has 1 aliphatic carbocycles. The third kappa shape index (κ3) is 3.64. The fraction of sp³-hybridized carbons (Fsp3) is 0.875. The molecule has 0 bridgehead atoms. The van der Waals surface area contributed by atoms with Crippen LogP contribution < -0.4 is 5.32 Å². The molecule has 0 aliphatic heterocycles. The summed E-state index contributed by atoms with van der Waals surface area (Å²) < 4.78 is -2.04. The molecule has 1 amide bonds. The van der Waals surface area contributed by atoms with E-state index in [1.165, 1.54) is 0 Å². The van der Waals surface area contributed by atoms with Crippen LogP contribution in [0.25, 0.3) is 0 Å². The van der Waals surface area contributed by atoms with Gasteiger partial charge in [0.25, 0.3) is 9.70 Å². The van der Waals surface area contributed by atoms with Crippen molar-refractivity contribution in [1.82, 2.24) is 5.32 Å². The summed E-state index contributed by atoms with van der Waals surface area (Å²) in [6.45, 7) is 0. The Morgan fingerprint density at radius 3 is 2.40 bits per heavy atom. The Hall–Kier alpha value is 0.260. The predicted molar refractivity (Wildman–Crippen MR) is 58.1 cm³/mol. The number of amides is 1. The van der Waals surface area contributed by atoms with Gasteiger partial charge >= 0.3 is 0 Å². The number of alkyl halides is 3. The molecule has 1 aliphatic rings. The molecule has 3 atom stereocenters. The monoisotopic (exact) mass is 275 g/mol. The number of rotatable bonds is 1. The zero-order valence-electron chi connectivity index (χ0n) is 7.79. The van der Waals surface area contributed by atoms with Crippen molar-refractivity contribution >= 4 is 40.7 Å². The third-order valence-electron chi connectivity index (χ3n) is 2.40. The summed E-state index contributed by atoms with van der Waals surface area (Å²) in [6, 6.07) is -0.558. The highest BCUT2D eigenvalue weighted by Crippen LogP contribution is 2.27. The Morgan fingerprint density at radius 1 is 1.27 bits per heavy atom. The average molecular weight is 277 g/mol. The largest absolute Gasteiger partial charge is 0.390 e. The van der Waals surface area contributed by atoms with E-state index < -0.39 is 27.9 Å². The first-order valence-electron chi connectivity index (χ1n) is 4.56. The van der Waals surface area contributed by atoms with Gasteiger partial charge in [-0.05, 0) is 19.3 Å². The van der Waals surface area contributed by atoms with Crippen LogP contribution in [0.2, 0.25) is 0 Å². The molecule has 0 spiro atoms. The molecule has 15 heavy (non-hydrogen) atoms. The van der Waals surface area contributed by atoms with E-state index in [9.17, 15) is 15.0 Å². The number of carbonyl (C=O) groups is 1. The molecule has 0 aromatic heterocycles. The topological polar surface area (TPSA) is 69.6 Å². The quantitative estimate of drug-likeness (QED) is 0.619. The van der Waals surface area contributed by atoms with Crippen molar-refractivity contribution < 1.29 is 15.0 Å². The van der Waals surface area contributed by atoms with E-state index in [1.54, 1.807) is 0 Å². The first kappa shape index (κ1) is 13.3. The van der Waals surface area contributed by atoms with Gasteiger partial charge in [0.15, 0.2) is 0 Å². The van der Waals surface area contributed by atoms with Gasteiger partial charge in [0.05, 0.1) is 18.2 Å². The minimum atomic E-state index is -2.04. The van der Waals surface area contributed by atoms with E-state index in [2.05, 4.69) is 5.32 Å². The molecule has 0 aromatic carbocycles. The van der Waals surface area contributed by atoms with Gasteiger partial charge < -0.3 is 15.5 Å². The van der Waals surface area contributed by atoms with Gasteiger partial charge in [0.2, 0.25) is 0 Å². The number of hydrogen-bond donors (Lipinski definition) is 3. The van der Waals surface area contributed by atoms with E-state index in [0.29, 0.717) is 19.3 Å². The van der Waals surface area contributed by atoms with Crippen LogP contribution in [0.15, 0.2) is 0 Å². The zero-order chi connectivity index (χ0) is 11.6. The summed E-state index contributed by atoms with van der Waals surface area (Å²) in [5.41, 5.74) is 0. The van der Waals surface area contributed by atoms with E-state index in [0.717, 1.165) is 0 Å². The van der Waals surface area contributed by atoms with Crippen LogP contribution in [0.4, 0.5) is 0 Å². The van der Waals surface area contributed by atoms with E-state index in [-0.39, 0.29) is 0 Å². The maximum absolute atomic E-state index is 11.3. The van der Waals surface area contributed by atoms with Crippen LogP contribution in [-0.2, 0) is 4.79 Å². The third-order valence-corrected chi connectivity index (χ3v) is 2.91.